The predicted octanol–water partition coefficient (Wildman–Crippen LogP) is 3.08. The van der Waals surface area contributed by atoms with E-state index in [9.17, 15) is 4.79 Å². The highest BCUT2D eigenvalue weighted by molar-refractivity contribution is 5.92. The number of carbonyl (C=O) groups excluding carboxylic acids is 1. The molecule has 132 valence electrons. The van der Waals surface area contributed by atoms with E-state index in [0.29, 0.717) is 23.5 Å². The third kappa shape index (κ3) is 2.97. The summed E-state index contributed by atoms with van der Waals surface area (Å²) < 4.78 is 5.28. The molecule has 2 saturated heterocycles. The summed E-state index contributed by atoms with van der Waals surface area (Å²) in [6.07, 6.45) is 4.85. The molecule has 2 aromatic rings. The standard InChI is InChI=1S/C20H25N3O2/c1-14-21-17(13-25-14)20(24)23-11-7-6-10-18-19(23)16(12-22(18)2)15-8-4-3-5-9-15/h3-5,8-9,13,16,18-19H,6-7,10-12H2,1-2H3/t16-,18-,19-/m0/s1. The molecule has 1 aromatic carbocycles. The number of carbonyl (C=O) groups is 1. The average Bonchev–Trinajstić information content (AvgIpc) is 3.11. The Morgan fingerprint density at radius 1 is 1.24 bits per heavy atom. The molecule has 0 spiro atoms. The Morgan fingerprint density at radius 2 is 2.04 bits per heavy atom. The molecule has 4 rings (SSSR count). The second-order valence-electron chi connectivity index (χ2n) is 7.26. The normalized spacial score (nSPS) is 27.1. The topological polar surface area (TPSA) is 49.6 Å². The lowest BCUT2D eigenvalue weighted by molar-refractivity contribution is 0.0638. The quantitative estimate of drug-likeness (QED) is 0.844. The zero-order chi connectivity index (χ0) is 17.4. The summed E-state index contributed by atoms with van der Waals surface area (Å²) in [5.74, 6) is 0.883. The highest BCUT2D eigenvalue weighted by Crippen LogP contribution is 2.39. The van der Waals surface area contributed by atoms with E-state index < -0.39 is 0 Å². The molecule has 0 radical (unpaired) electrons. The van der Waals surface area contributed by atoms with Gasteiger partial charge in [0.1, 0.15) is 6.26 Å². The molecule has 3 atom stereocenters. The first-order valence-corrected chi connectivity index (χ1v) is 9.13. The molecule has 0 N–H and O–H groups in total. The Morgan fingerprint density at radius 3 is 2.76 bits per heavy atom. The lowest BCUT2D eigenvalue weighted by atomic mass is 9.89. The lowest BCUT2D eigenvalue weighted by Crippen LogP contribution is -2.48. The lowest BCUT2D eigenvalue weighted by Gasteiger charge is -2.34. The highest BCUT2D eigenvalue weighted by atomic mass is 16.3. The zero-order valence-electron chi connectivity index (χ0n) is 14.9. The molecule has 2 aliphatic heterocycles. The van der Waals surface area contributed by atoms with Crippen LogP contribution in [0.3, 0.4) is 0 Å². The molecule has 1 amide bonds. The maximum Gasteiger partial charge on any atom is 0.276 e. The van der Waals surface area contributed by atoms with Crippen molar-refractivity contribution in [2.75, 3.05) is 20.1 Å². The predicted molar refractivity (Wildman–Crippen MR) is 95.5 cm³/mol. The minimum atomic E-state index is 0.00461. The number of hydrogen-bond donors (Lipinski definition) is 0. The largest absolute Gasteiger partial charge is 0.448 e. The summed E-state index contributed by atoms with van der Waals surface area (Å²) in [7, 11) is 2.19. The van der Waals surface area contributed by atoms with Gasteiger partial charge in [-0.25, -0.2) is 4.98 Å². The van der Waals surface area contributed by atoms with Gasteiger partial charge in [-0.1, -0.05) is 36.8 Å². The number of hydrogen-bond acceptors (Lipinski definition) is 4. The van der Waals surface area contributed by atoms with E-state index in [1.165, 1.54) is 11.8 Å². The van der Waals surface area contributed by atoms with E-state index in [1.807, 2.05) is 6.07 Å². The van der Waals surface area contributed by atoms with E-state index in [4.69, 9.17) is 4.42 Å². The Labute approximate surface area is 148 Å². The molecule has 0 unspecified atom stereocenters. The van der Waals surface area contributed by atoms with Crippen molar-refractivity contribution in [3.8, 4) is 0 Å². The van der Waals surface area contributed by atoms with Gasteiger partial charge in [0.25, 0.3) is 5.91 Å². The number of amides is 1. The number of likely N-dealkylation sites (N-methyl/N-ethyl adjacent to an activating group) is 1. The van der Waals surface area contributed by atoms with Crippen molar-refractivity contribution in [1.29, 1.82) is 0 Å². The minimum absolute atomic E-state index is 0.00461. The van der Waals surface area contributed by atoms with Gasteiger partial charge >= 0.3 is 0 Å². The monoisotopic (exact) mass is 339 g/mol. The Kier molecular flexibility index (Phi) is 4.34. The third-order valence-electron chi connectivity index (χ3n) is 5.69. The number of rotatable bonds is 2. The van der Waals surface area contributed by atoms with Crippen LogP contribution in [0.4, 0.5) is 0 Å². The van der Waals surface area contributed by atoms with Gasteiger partial charge in [0, 0.05) is 32.0 Å². The van der Waals surface area contributed by atoms with E-state index in [-0.39, 0.29) is 11.9 Å². The molecule has 25 heavy (non-hydrogen) atoms. The third-order valence-corrected chi connectivity index (χ3v) is 5.69. The van der Waals surface area contributed by atoms with Crippen LogP contribution in [0.15, 0.2) is 41.0 Å². The van der Waals surface area contributed by atoms with Gasteiger partial charge in [0.05, 0.1) is 6.04 Å². The number of oxazole rings is 1. The number of aryl methyl sites for hydroxylation is 1. The van der Waals surface area contributed by atoms with Gasteiger partial charge in [-0.05, 0) is 25.5 Å². The van der Waals surface area contributed by atoms with Crippen molar-refractivity contribution in [2.45, 2.75) is 44.2 Å². The van der Waals surface area contributed by atoms with Crippen molar-refractivity contribution in [3.63, 3.8) is 0 Å². The van der Waals surface area contributed by atoms with E-state index >= 15 is 0 Å². The first-order chi connectivity index (χ1) is 12.1. The van der Waals surface area contributed by atoms with Gasteiger partial charge in [-0.3, -0.25) is 4.79 Å². The number of likely N-dealkylation sites (tertiary alicyclic amines) is 2. The van der Waals surface area contributed by atoms with E-state index in [2.05, 4.69) is 46.1 Å². The summed E-state index contributed by atoms with van der Waals surface area (Å²) >= 11 is 0. The maximum atomic E-state index is 13.2. The molecule has 0 bridgehead atoms. The number of benzene rings is 1. The van der Waals surface area contributed by atoms with Gasteiger partial charge in [0.2, 0.25) is 0 Å². The van der Waals surface area contributed by atoms with Crippen LogP contribution >= 0.6 is 0 Å². The van der Waals surface area contributed by atoms with Crippen molar-refractivity contribution >= 4 is 5.91 Å². The number of fused-ring (bicyclic) bond motifs is 1. The second kappa shape index (κ2) is 6.64. The maximum absolute atomic E-state index is 13.2. The first-order valence-electron chi connectivity index (χ1n) is 9.13. The Hall–Kier alpha value is -2.14. The molecular formula is C20H25N3O2. The summed E-state index contributed by atoms with van der Waals surface area (Å²) in [5, 5.41) is 0. The van der Waals surface area contributed by atoms with Crippen molar-refractivity contribution in [2.24, 2.45) is 0 Å². The summed E-state index contributed by atoms with van der Waals surface area (Å²) in [5.41, 5.74) is 1.75. The first kappa shape index (κ1) is 16.3. The zero-order valence-corrected chi connectivity index (χ0v) is 14.9. The highest BCUT2D eigenvalue weighted by Gasteiger charge is 2.46. The summed E-state index contributed by atoms with van der Waals surface area (Å²) in [6, 6.07) is 11.2. The van der Waals surface area contributed by atoms with Gasteiger partial charge in [0.15, 0.2) is 11.6 Å². The average molecular weight is 339 g/mol. The van der Waals surface area contributed by atoms with Gasteiger partial charge < -0.3 is 14.2 Å². The van der Waals surface area contributed by atoms with E-state index in [0.717, 1.165) is 32.4 Å². The fourth-order valence-corrected chi connectivity index (χ4v) is 4.53. The van der Waals surface area contributed by atoms with E-state index in [1.54, 1.807) is 6.92 Å². The molecule has 5 heteroatoms. The van der Waals surface area contributed by atoms with Crippen LogP contribution in [0.2, 0.25) is 0 Å². The van der Waals surface area contributed by atoms with Crippen LogP contribution in [-0.2, 0) is 0 Å². The molecular weight excluding hydrogens is 314 g/mol. The molecule has 0 saturated carbocycles. The number of aromatic nitrogens is 1. The molecule has 1 aromatic heterocycles. The summed E-state index contributed by atoms with van der Waals surface area (Å²) in [4.78, 5) is 22.0. The van der Waals surface area contributed by atoms with Crippen molar-refractivity contribution in [3.05, 3.63) is 53.7 Å². The smallest absolute Gasteiger partial charge is 0.276 e. The van der Waals surface area contributed by atoms with Gasteiger partial charge in [-0.15, -0.1) is 0 Å². The van der Waals surface area contributed by atoms with Crippen LogP contribution in [0.1, 0.15) is 47.1 Å². The summed E-state index contributed by atoms with van der Waals surface area (Å²) in [6.45, 7) is 3.56. The fraction of sp³-hybridized carbons (Fsp3) is 0.500. The van der Waals surface area contributed by atoms with Crippen LogP contribution in [0.5, 0.6) is 0 Å². The minimum Gasteiger partial charge on any atom is -0.448 e. The molecule has 3 heterocycles. The van der Waals surface area contributed by atoms with Crippen LogP contribution < -0.4 is 0 Å². The number of nitrogens with zero attached hydrogens (tertiary/aromatic N) is 3. The molecule has 0 aliphatic carbocycles. The SMILES string of the molecule is Cc1nc(C(=O)N2CCCC[C@H]3[C@@H]2[C@H](c2ccccc2)CN3C)co1. The second-order valence-corrected chi connectivity index (χ2v) is 7.26. The Bertz CT molecular complexity index is 742. The van der Waals surface area contributed by atoms with Crippen molar-refractivity contribution < 1.29 is 9.21 Å². The molecule has 2 aliphatic rings. The fourth-order valence-electron chi connectivity index (χ4n) is 4.53. The van der Waals surface area contributed by atoms with Crippen LogP contribution in [0.25, 0.3) is 0 Å². The van der Waals surface area contributed by atoms with Crippen molar-refractivity contribution in [1.82, 2.24) is 14.8 Å². The molecule has 5 nitrogen and oxygen atoms in total. The van der Waals surface area contributed by atoms with Gasteiger partial charge in [-0.2, -0.15) is 0 Å². The molecule has 2 fully saturated rings. The van der Waals surface area contributed by atoms with Crippen LogP contribution in [0, 0.1) is 6.92 Å². The Balaban J connectivity index is 1.71. The van der Waals surface area contributed by atoms with Crippen LogP contribution in [-0.4, -0.2) is 52.9 Å².